The van der Waals surface area contributed by atoms with E-state index in [-0.39, 0.29) is 22.3 Å². The molecule has 0 bridgehead atoms. The number of halogens is 3. The van der Waals surface area contributed by atoms with Gasteiger partial charge in [0.2, 0.25) is 0 Å². The third-order valence-corrected chi connectivity index (χ3v) is 3.27. The topological polar surface area (TPSA) is 42.5 Å². The minimum Gasteiger partial charge on any atom is -0.493 e. The van der Waals surface area contributed by atoms with Crippen LogP contribution < -0.4 is 20.1 Å². The summed E-state index contributed by atoms with van der Waals surface area (Å²) >= 11 is 5.09. The maximum absolute atomic E-state index is 13.5. The van der Waals surface area contributed by atoms with Gasteiger partial charge in [-0.25, -0.2) is 4.39 Å². The Morgan fingerprint density at radius 1 is 1.17 bits per heavy atom. The second kappa shape index (κ2) is 8.39. The molecule has 0 atom stereocenters. The number of anilines is 1. The van der Waals surface area contributed by atoms with E-state index in [0.29, 0.717) is 6.54 Å². The van der Waals surface area contributed by atoms with Crippen LogP contribution in [0.1, 0.15) is 5.56 Å². The lowest BCUT2D eigenvalue weighted by Gasteiger charge is -2.13. The highest BCUT2D eigenvalue weighted by molar-refractivity contribution is 7.80. The number of methoxy groups -OCH3 is 1. The normalized spacial score (nSPS) is 10.4. The Balaban J connectivity index is 1.96. The van der Waals surface area contributed by atoms with Crippen molar-refractivity contribution in [3.05, 3.63) is 53.8 Å². The SMILES string of the molecule is COc1cc(CNC(=S)Nc2ccccc2F)ccc1OC(F)F. The highest BCUT2D eigenvalue weighted by atomic mass is 32.1. The summed E-state index contributed by atoms with van der Waals surface area (Å²) in [5.41, 5.74) is 0.986. The van der Waals surface area contributed by atoms with Crippen molar-refractivity contribution in [1.82, 2.24) is 5.32 Å². The van der Waals surface area contributed by atoms with Gasteiger partial charge in [-0.1, -0.05) is 18.2 Å². The molecule has 0 aliphatic heterocycles. The molecule has 0 saturated carbocycles. The molecule has 0 radical (unpaired) electrons. The van der Waals surface area contributed by atoms with Crippen molar-refractivity contribution in [1.29, 1.82) is 0 Å². The minimum absolute atomic E-state index is 0.0525. The van der Waals surface area contributed by atoms with E-state index in [1.807, 2.05) is 0 Å². The Hall–Kier alpha value is -2.48. The molecule has 0 amide bonds. The number of thiocarbonyl (C=S) groups is 1. The van der Waals surface area contributed by atoms with Crippen LogP contribution in [-0.4, -0.2) is 18.8 Å². The Bertz CT molecular complexity index is 713. The van der Waals surface area contributed by atoms with Crippen molar-refractivity contribution in [3.63, 3.8) is 0 Å². The molecule has 2 aromatic rings. The molecular weight excluding hydrogens is 341 g/mol. The molecule has 0 aromatic heterocycles. The largest absolute Gasteiger partial charge is 0.493 e. The number of hydrogen-bond donors (Lipinski definition) is 2. The quantitative estimate of drug-likeness (QED) is 0.768. The van der Waals surface area contributed by atoms with Crippen LogP contribution >= 0.6 is 12.2 Å². The lowest BCUT2D eigenvalue weighted by molar-refractivity contribution is -0.0512. The maximum Gasteiger partial charge on any atom is 0.387 e. The van der Waals surface area contributed by atoms with Crippen molar-refractivity contribution < 1.29 is 22.6 Å². The summed E-state index contributed by atoms with van der Waals surface area (Å²) in [4.78, 5) is 0. The summed E-state index contributed by atoms with van der Waals surface area (Å²) < 4.78 is 47.5. The van der Waals surface area contributed by atoms with Gasteiger partial charge in [-0.3, -0.25) is 0 Å². The molecule has 0 aliphatic rings. The molecule has 8 heteroatoms. The van der Waals surface area contributed by atoms with Crippen LogP contribution in [-0.2, 0) is 6.54 Å². The number of nitrogens with one attached hydrogen (secondary N) is 2. The molecule has 0 spiro atoms. The first-order valence-corrected chi connectivity index (χ1v) is 7.31. The van der Waals surface area contributed by atoms with Crippen LogP contribution in [0.5, 0.6) is 11.5 Å². The highest BCUT2D eigenvalue weighted by Gasteiger charge is 2.11. The second-order valence-electron chi connectivity index (χ2n) is 4.65. The standard InChI is InChI=1S/C16H15F3N2O2S/c1-22-14-8-10(6-7-13(14)23-15(18)19)9-20-16(24)21-12-5-3-2-4-11(12)17/h2-8,15H,9H2,1H3,(H2,20,21,24). The minimum atomic E-state index is -2.93. The van der Waals surface area contributed by atoms with Gasteiger partial charge in [0.25, 0.3) is 0 Å². The summed E-state index contributed by atoms with van der Waals surface area (Å²) in [7, 11) is 1.36. The average molecular weight is 356 g/mol. The van der Waals surface area contributed by atoms with Gasteiger partial charge in [0, 0.05) is 6.54 Å². The molecule has 4 nitrogen and oxygen atoms in total. The van der Waals surface area contributed by atoms with Crippen molar-refractivity contribution in [2.75, 3.05) is 12.4 Å². The lowest BCUT2D eigenvalue weighted by Crippen LogP contribution is -2.28. The van der Waals surface area contributed by atoms with E-state index >= 15 is 0 Å². The van der Waals surface area contributed by atoms with Gasteiger partial charge < -0.3 is 20.1 Å². The lowest BCUT2D eigenvalue weighted by atomic mass is 10.2. The van der Waals surface area contributed by atoms with E-state index in [1.165, 1.54) is 19.2 Å². The number of ether oxygens (including phenoxy) is 2. The fraction of sp³-hybridized carbons (Fsp3) is 0.188. The highest BCUT2D eigenvalue weighted by Crippen LogP contribution is 2.29. The van der Waals surface area contributed by atoms with E-state index in [9.17, 15) is 13.2 Å². The molecule has 2 aromatic carbocycles. The van der Waals surface area contributed by atoms with Crippen LogP contribution in [0.4, 0.5) is 18.9 Å². The number of benzene rings is 2. The molecule has 0 fully saturated rings. The fourth-order valence-corrected chi connectivity index (χ4v) is 2.11. The Kier molecular flexibility index (Phi) is 6.25. The second-order valence-corrected chi connectivity index (χ2v) is 5.06. The molecular formula is C16H15F3N2O2S. The third-order valence-electron chi connectivity index (χ3n) is 3.02. The summed E-state index contributed by atoms with van der Waals surface area (Å²) in [6, 6.07) is 10.7. The average Bonchev–Trinajstić information content (AvgIpc) is 2.55. The molecule has 0 saturated heterocycles. The summed E-state index contributed by atoms with van der Waals surface area (Å²) in [5.74, 6) is -0.289. The van der Waals surface area contributed by atoms with Crippen LogP contribution in [0.2, 0.25) is 0 Å². The molecule has 0 heterocycles. The smallest absolute Gasteiger partial charge is 0.387 e. The number of alkyl halides is 2. The van der Waals surface area contributed by atoms with Crippen LogP contribution in [0, 0.1) is 5.82 Å². The van der Waals surface area contributed by atoms with E-state index in [4.69, 9.17) is 17.0 Å². The first kappa shape index (κ1) is 17.9. The van der Waals surface area contributed by atoms with E-state index < -0.39 is 12.4 Å². The van der Waals surface area contributed by atoms with Gasteiger partial charge >= 0.3 is 6.61 Å². The molecule has 2 rings (SSSR count). The predicted molar refractivity (Wildman–Crippen MR) is 89.1 cm³/mol. The van der Waals surface area contributed by atoms with Crippen LogP contribution in [0.25, 0.3) is 0 Å². The van der Waals surface area contributed by atoms with E-state index in [1.54, 1.807) is 30.3 Å². The van der Waals surface area contributed by atoms with Crippen molar-refractivity contribution >= 4 is 23.0 Å². The first-order valence-electron chi connectivity index (χ1n) is 6.90. The molecule has 128 valence electrons. The van der Waals surface area contributed by atoms with Crippen LogP contribution in [0.3, 0.4) is 0 Å². The van der Waals surface area contributed by atoms with Gasteiger partial charge in [0.05, 0.1) is 12.8 Å². The third kappa shape index (κ3) is 5.02. The van der Waals surface area contributed by atoms with Crippen molar-refractivity contribution in [2.24, 2.45) is 0 Å². The molecule has 0 aliphatic carbocycles. The fourth-order valence-electron chi connectivity index (χ4n) is 1.93. The number of rotatable bonds is 6. The monoisotopic (exact) mass is 356 g/mol. The molecule has 0 unspecified atom stereocenters. The summed E-state index contributed by atoms with van der Waals surface area (Å²) in [6.45, 7) is -2.63. The first-order chi connectivity index (χ1) is 11.5. The maximum atomic E-state index is 13.5. The Labute approximate surface area is 142 Å². The summed E-state index contributed by atoms with van der Waals surface area (Å²) in [5, 5.41) is 5.86. The van der Waals surface area contributed by atoms with Crippen LogP contribution in [0.15, 0.2) is 42.5 Å². The Morgan fingerprint density at radius 3 is 2.58 bits per heavy atom. The molecule has 24 heavy (non-hydrogen) atoms. The van der Waals surface area contributed by atoms with Crippen molar-refractivity contribution in [3.8, 4) is 11.5 Å². The van der Waals surface area contributed by atoms with Gasteiger partial charge in [-0.15, -0.1) is 0 Å². The van der Waals surface area contributed by atoms with Crippen molar-refractivity contribution in [2.45, 2.75) is 13.2 Å². The van der Waals surface area contributed by atoms with Gasteiger partial charge in [-0.05, 0) is 42.0 Å². The Morgan fingerprint density at radius 2 is 1.92 bits per heavy atom. The number of hydrogen-bond acceptors (Lipinski definition) is 3. The zero-order valence-corrected chi connectivity index (χ0v) is 13.5. The zero-order valence-electron chi connectivity index (χ0n) is 12.7. The van der Waals surface area contributed by atoms with Gasteiger partial charge in [-0.2, -0.15) is 8.78 Å². The molecule has 2 N–H and O–H groups in total. The van der Waals surface area contributed by atoms with E-state index in [0.717, 1.165) is 5.56 Å². The number of para-hydroxylation sites is 1. The zero-order chi connectivity index (χ0) is 17.5. The van der Waals surface area contributed by atoms with Gasteiger partial charge in [0.1, 0.15) is 5.82 Å². The summed E-state index contributed by atoms with van der Waals surface area (Å²) in [6.07, 6.45) is 0. The predicted octanol–water partition coefficient (Wildman–Crippen LogP) is 3.92. The van der Waals surface area contributed by atoms with E-state index in [2.05, 4.69) is 15.4 Å². The van der Waals surface area contributed by atoms with Gasteiger partial charge in [0.15, 0.2) is 16.6 Å².